The standard InChI is InChI=1S/C54H34N4OS/c1-54(2)43-18-7-3-12-34(43)39-28-29-40-35-13-4-8-19-44(35)58(49(40)48(39)54)33-25-22-31(23-26-33)51-55-52(32-24-27-37-36-14-5-9-20-45(36)59-46(37)30-32)57-53(56-51)42-17-11-16-41-38-15-6-10-21-47(38)60-50(41)42/h3-30H,1-2H3. The first-order valence-electron chi connectivity index (χ1n) is 20.4. The van der Waals surface area contributed by atoms with Crippen molar-refractivity contribution in [1.82, 2.24) is 19.5 Å². The van der Waals surface area contributed by atoms with Gasteiger partial charge in [0.15, 0.2) is 17.5 Å². The molecule has 8 aromatic carbocycles. The maximum absolute atomic E-state index is 6.33. The molecule has 0 spiro atoms. The van der Waals surface area contributed by atoms with Crippen LogP contribution in [0.4, 0.5) is 0 Å². The summed E-state index contributed by atoms with van der Waals surface area (Å²) in [6.45, 7) is 4.73. The van der Waals surface area contributed by atoms with Crippen molar-refractivity contribution in [3.05, 3.63) is 181 Å². The maximum atomic E-state index is 6.33. The number of thiophene rings is 1. The molecule has 1 aliphatic carbocycles. The van der Waals surface area contributed by atoms with E-state index in [-0.39, 0.29) is 5.41 Å². The second kappa shape index (κ2) is 12.3. The topological polar surface area (TPSA) is 56.7 Å². The first-order valence-corrected chi connectivity index (χ1v) is 21.2. The van der Waals surface area contributed by atoms with Gasteiger partial charge >= 0.3 is 0 Å². The van der Waals surface area contributed by atoms with Gasteiger partial charge in [0, 0.05) is 69.5 Å². The molecule has 0 amide bonds. The van der Waals surface area contributed by atoms with Crippen LogP contribution in [-0.4, -0.2) is 19.5 Å². The van der Waals surface area contributed by atoms with Gasteiger partial charge in [-0.1, -0.05) is 123 Å². The zero-order valence-corrected chi connectivity index (χ0v) is 33.6. The summed E-state index contributed by atoms with van der Waals surface area (Å²) in [6.07, 6.45) is 0. The smallest absolute Gasteiger partial charge is 0.165 e. The molecule has 13 rings (SSSR count). The highest BCUT2D eigenvalue weighted by Gasteiger charge is 2.38. The fraction of sp³-hybridized carbons (Fsp3) is 0.0556. The Hall–Kier alpha value is -7.41. The Kier molecular flexibility index (Phi) is 6.88. The van der Waals surface area contributed by atoms with E-state index in [0.717, 1.165) is 49.0 Å². The molecule has 4 aromatic heterocycles. The predicted molar refractivity (Wildman–Crippen MR) is 248 cm³/mol. The third-order valence-corrected chi connectivity index (χ3v) is 13.9. The molecule has 0 radical (unpaired) electrons. The van der Waals surface area contributed by atoms with Crippen LogP contribution in [0.3, 0.4) is 0 Å². The third kappa shape index (κ3) is 4.71. The highest BCUT2D eigenvalue weighted by Crippen LogP contribution is 2.53. The fourth-order valence-corrected chi connectivity index (χ4v) is 11.1. The minimum atomic E-state index is -0.169. The summed E-state index contributed by atoms with van der Waals surface area (Å²) >= 11 is 1.78. The lowest BCUT2D eigenvalue weighted by molar-refractivity contribution is 0.664. The van der Waals surface area contributed by atoms with Crippen LogP contribution in [0.25, 0.3) is 115 Å². The Morgan fingerprint density at radius 2 is 1.13 bits per heavy atom. The largest absolute Gasteiger partial charge is 0.456 e. The lowest BCUT2D eigenvalue weighted by atomic mass is 9.81. The summed E-state index contributed by atoms with van der Waals surface area (Å²) in [4.78, 5) is 15.7. The van der Waals surface area contributed by atoms with Crippen molar-refractivity contribution >= 4 is 75.3 Å². The molecule has 282 valence electrons. The molecule has 0 fully saturated rings. The summed E-state index contributed by atoms with van der Waals surface area (Å²) in [6, 6.07) is 60.5. The maximum Gasteiger partial charge on any atom is 0.165 e. The second-order valence-corrected chi connectivity index (χ2v) is 17.4. The first-order chi connectivity index (χ1) is 29.5. The van der Waals surface area contributed by atoms with Gasteiger partial charge in [0.2, 0.25) is 0 Å². The molecule has 0 bridgehead atoms. The minimum absolute atomic E-state index is 0.169. The van der Waals surface area contributed by atoms with E-state index in [1.54, 1.807) is 11.3 Å². The molecule has 0 saturated carbocycles. The SMILES string of the molecule is CC1(C)c2ccccc2-c2ccc3c4ccccc4n(-c4ccc(-c5nc(-c6ccc7c(c6)oc6ccccc67)nc(-c6cccc7c6sc6ccccc67)n5)cc4)c3c21. The lowest BCUT2D eigenvalue weighted by Crippen LogP contribution is -2.16. The number of hydrogen-bond donors (Lipinski definition) is 0. The van der Waals surface area contributed by atoms with Gasteiger partial charge in [0.25, 0.3) is 0 Å². The van der Waals surface area contributed by atoms with Crippen LogP contribution in [-0.2, 0) is 5.41 Å². The van der Waals surface area contributed by atoms with Gasteiger partial charge < -0.3 is 8.98 Å². The highest BCUT2D eigenvalue weighted by molar-refractivity contribution is 7.26. The van der Waals surface area contributed by atoms with Crippen molar-refractivity contribution in [3.63, 3.8) is 0 Å². The van der Waals surface area contributed by atoms with Crippen LogP contribution >= 0.6 is 11.3 Å². The van der Waals surface area contributed by atoms with Crippen molar-refractivity contribution in [2.45, 2.75) is 19.3 Å². The van der Waals surface area contributed by atoms with Crippen LogP contribution in [0.15, 0.2) is 174 Å². The van der Waals surface area contributed by atoms with E-state index in [9.17, 15) is 0 Å². The molecule has 12 aromatic rings. The summed E-state index contributed by atoms with van der Waals surface area (Å²) < 4.78 is 11.2. The number of hydrogen-bond acceptors (Lipinski definition) is 5. The Balaban J connectivity index is 1.00. The van der Waals surface area contributed by atoms with Crippen molar-refractivity contribution in [2.75, 3.05) is 0 Å². The average molecular weight is 787 g/mol. The summed E-state index contributed by atoms with van der Waals surface area (Å²) in [5.74, 6) is 1.85. The number of fused-ring (bicyclic) bond motifs is 13. The number of aromatic nitrogens is 4. The van der Waals surface area contributed by atoms with E-state index in [1.165, 1.54) is 59.5 Å². The van der Waals surface area contributed by atoms with Gasteiger partial charge in [0.1, 0.15) is 11.2 Å². The Bertz CT molecular complexity index is 3760. The molecular weight excluding hydrogens is 753 g/mol. The van der Waals surface area contributed by atoms with Crippen molar-refractivity contribution < 1.29 is 4.42 Å². The van der Waals surface area contributed by atoms with Gasteiger partial charge in [-0.25, -0.2) is 15.0 Å². The molecule has 6 heteroatoms. The Labute approximate surface area is 348 Å². The molecule has 0 aliphatic heterocycles. The number of rotatable bonds is 4. The molecule has 0 atom stereocenters. The summed E-state index contributed by atoms with van der Waals surface area (Å²) in [5, 5.41) is 7.11. The second-order valence-electron chi connectivity index (χ2n) is 16.4. The number of furan rings is 1. The van der Waals surface area contributed by atoms with Gasteiger partial charge in [-0.3, -0.25) is 0 Å². The number of nitrogens with zero attached hydrogens (tertiary/aromatic N) is 4. The number of para-hydroxylation sites is 2. The van der Waals surface area contributed by atoms with E-state index in [2.05, 4.69) is 170 Å². The third-order valence-electron chi connectivity index (χ3n) is 12.7. The zero-order chi connectivity index (χ0) is 39.7. The first kappa shape index (κ1) is 33.6. The van der Waals surface area contributed by atoms with Crippen molar-refractivity contribution in [1.29, 1.82) is 0 Å². The van der Waals surface area contributed by atoms with Crippen LogP contribution in [0.1, 0.15) is 25.0 Å². The Morgan fingerprint density at radius 3 is 2.02 bits per heavy atom. The average Bonchev–Trinajstić information content (AvgIpc) is 4.03. The molecular formula is C54H34N4OS. The van der Waals surface area contributed by atoms with Gasteiger partial charge in [-0.15, -0.1) is 11.3 Å². The van der Waals surface area contributed by atoms with Crippen molar-refractivity contribution in [3.8, 4) is 51.0 Å². The zero-order valence-electron chi connectivity index (χ0n) is 32.8. The monoisotopic (exact) mass is 786 g/mol. The molecule has 1 aliphatic rings. The van der Waals surface area contributed by atoms with E-state index in [4.69, 9.17) is 19.4 Å². The lowest BCUT2D eigenvalue weighted by Gasteiger charge is -2.23. The summed E-state index contributed by atoms with van der Waals surface area (Å²) in [5.41, 5.74) is 13.2. The van der Waals surface area contributed by atoms with E-state index < -0.39 is 0 Å². The number of benzene rings is 8. The molecule has 0 unspecified atom stereocenters. The molecule has 60 heavy (non-hydrogen) atoms. The fourth-order valence-electron chi connectivity index (χ4n) is 9.88. The molecule has 5 nitrogen and oxygen atoms in total. The van der Waals surface area contributed by atoms with Crippen LogP contribution in [0, 0.1) is 0 Å². The normalized spacial score (nSPS) is 13.3. The molecule has 0 saturated heterocycles. The predicted octanol–water partition coefficient (Wildman–Crippen LogP) is 14.5. The van der Waals surface area contributed by atoms with Gasteiger partial charge in [-0.2, -0.15) is 0 Å². The summed E-state index contributed by atoms with van der Waals surface area (Å²) in [7, 11) is 0. The minimum Gasteiger partial charge on any atom is -0.456 e. The van der Waals surface area contributed by atoms with Crippen LogP contribution < -0.4 is 0 Å². The van der Waals surface area contributed by atoms with Gasteiger partial charge in [-0.05, 0) is 82.9 Å². The Morgan fingerprint density at radius 1 is 0.483 bits per heavy atom. The van der Waals surface area contributed by atoms with Crippen LogP contribution in [0.2, 0.25) is 0 Å². The molecule has 0 N–H and O–H groups in total. The molecule has 4 heterocycles. The van der Waals surface area contributed by atoms with E-state index in [1.807, 2.05) is 18.2 Å². The van der Waals surface area contributed by atoms with E-state index >= 15 is 0 Å². The van der Waals surface area contributed by atoms with Gasteiger partial charge in [0.05, 0.1) is 11.0 Å². The van der Waals surface area contributed by atoms with E-state index in [0.29, 0.717) is 17.5 Å². The quantitative estimate of drug-likeness (QED) is 0.178. The van der Waals surface area contributed by atoms with Crippen LogP contribution in [0.5, 0.6) is 0 Å². The van der Waals surface area contributed by atoms with Crippen molar-refractivity contribution in [2.24, 2.45) is 0 Å². The highest BCUT2D eigenvalue weighted by atomic mass is 32.1.